The van der Waals surface area contributed by atoms with Crippen molar-refractivity contribution in [2.24, 2.45) is 0 Å². The number of nitrogens with zero attached hydrogens (tertiary/aromatic N) is 2. The van der Waals surface area contributed by atoms with E-state index in [9.17, 15) is 5.26 Å². The Morgan fingerprint density at radius 3 is 2.67 bits per heavy atom. The Kier molecular flexibility index (Phi) is 4.30. The first-order valence-corrected chi connectivity index (χ1v) is 8.68. The van der Waals surface area contributed by atoms with Gasteiger partial charge in [0.2, 0.25) is 0 Å². The number of nitriles is 1. The molecule has 2 nitrogen and oxygen atoms in total. The van der Waals surface area contributed by atoms with Gasteiger partial charge in [-0.25, -0.2) is 4.98 Å². The van der Waals surface area contributed by atoms with Crippen molar-refractivity contribution >= 4 is 50.3 Å². The molecule has 21 heavy (non-hydrogen) atoms. The van der Waals surface area contributed by atoms with Gasteiger partial charge in [0.05, 0.1) is 11.3 Å². The molecular formula is C16H9BrN2S2. The topological polar surface area (TPSA) is 36.7 Å². The van der Waals surface area contributed by atoms with Crippen molar-refractivity contribution in [3.63, 3.8) is 0 Å². The van der Waals surface area contributed by atoms with Crippen molar-refractivity contribution in [2.75, 3.05) is 0 Å². The quantitative estimate of drug-likeness (QED) is 0.553. The third kappa shape index (κ3) is 3.30. The Hall–Kier alpha value is -1.74. The van der Waals surface area contributed by atoms with Gasteiger partial charge in [-0.15, -0.1) is 22.7 Å². The molecule has 102 valence electrons. The number of hydrogen-bond acceptors (Lipinski definition) is 4. The second-order valence-electron chi connectivity index (χ2n) is 4.23. The molecule has 1 aromatic carbocycles. The molecule has 0 radical (unpaired) electrons. The van der Waals surface area contributed by atoms with Crippen molar-refractivity contribution in [2.45, 2.75) is 0 Å². The van der Waals surface area contributed by atoms with E-state index in [2.05, 4.69) is 27.0 Å². The number of allylic oxidation sites excluding steroid dienone is 1. The number of hydrogen-bond donors (Lipinski definition) is 0. The standard InChI is InChI=1S/C16H9BrN2S2/c17-13-5-3-11(4-6-13)15-10-21-16(19-15)12(9-18)8-14-2-1-7-20-14/h1-8,10H/b12-8-. The van der Waals surface area contributed by atoms with E-state index in [1.807, 2.05) is 53.2 Å². The second-order valence-corrected chi connectivity index (χ2v) is 6.98. The normalized spacial score (nSPS) is 11.3. The molecule has 2 aromatic heterocycles. The van der Waals surface area contributed by atoms with E-state index in [1.54, 1.807) is 11.3 Å². The highest BCUT2D eigenvalue weighted by Crippen LogP contribution is 2.28. The molecule has 2 heterocycles. The Morgan fingerprint density at radius 1 is 1.19 bits per heavy atom. The molecule has 0 spiro atoms. The van der Waals surface area contributed by atoms with E-state index >= 15 is 0 Å². The maximum absolute atomic E-state index is 9.34. The predicted octanol–water partition coefficient (Wildman–Crippen LogP) is 5.70. The first kappa shape index (κ1) is 14.2. The number of halogens is 1. The van der Waals surface area contributed by atoms with Crippen LogP contribution < -0.4 is 0 Å². The fourth-order valence-corrected chi connectivity index (χ4v) is 3.52. The van der Waals surface area contributed by atoms with Gasteiger partial charge in [0, 0.05) is 20.3 Å². The summed E-state index contributed by atoms with van der Waals surface area (Å²) in [5.74, 6) is 0. The molecule has 0 amide bonds. The molecule has 0 fully saturated rings. The Labute approximate surface area is 139 Å². The highest BCUT2D eigenvalue weighted by molar-refractivity contribution is 9.10. The van der Waals surface area contributed by atoms with Crippen molar-refractivity contribution in [1.82, 2.24) is 4.98 Å². The first-order chi connectivity index (χ1) is 10.3. The number of thiazole rings is 1. The number of benzene rings is 1. The van der Waals surface area contributed by atoms with Crippen LogP contribution in [-0.2, 0) is 0 Å². The van der Waals surface area contributed by atoms with Crippen LogP contribution in [0.3, 0.4) is 0 Å². The number of thiophene rings is 1. The summed E-state index contributed by atoms with van der Waals surface area (Å²) in [5.41, 5.74) is 2.55. The summed E-state index contributed by atoms with van der Waals surface area (Å²) in [6, 6.07) is 14.2. The van der Waals surface area contributed by atoms with Gasteiger partial charge in [-0.3, -0.25) is 0 Å². The lowest BCUT2D eigenvalue weighted by Gasteiger charge is -1.96. The smallest absolute Gasteiger partial charge is 0.134 e. The Bertz CT molecular complexity index is 809. The maximum atomic E-state index is 9.34. The minimum atomic E-state index is 0.603. The first-order valence-electron chi connectivity index (χ1n) is 6.13. The van der Waals surface area contributed by atoms with E-state index in [-0.39, 0.29) is 0 Å². The summed E-state index contributed by atoms with van der Waals surface area (Å²) >= 11 is 6.53. The van der Waals surface area contributed by atoms with Crippen molar-refractivity contribution < 1.29 is 0 Å². The lowest BCUT2D eigenvalue weighted by Crippen LogP contribution is -1.82. The fourth-order valence-electron chi connectivity index (χ4n) is 1.81. The summed E-state index contributed by atoms with van der Waals surface area (Å²) in [4.78, 5) is 5.64. The van der Waals surface area contributed by atoms with E-state index in [0.717, 1.165) is 25.6 Å². The van der Waals surface area contributed by atoms with Gasteiger partial charge in [0.15, 0.2) is 0 Å². The molecule has 3 aromatic rings. The minimum absolute atomic E-state index is 0.603. The van der Waals surface area contributed by atoms with Gasteiger partial charge in [0.25, 0.3) is 0 Å². The molecule has 0 saturated heterocycles. The molecule has 0 aliphatic heterocycles. The van der Waals surface area contributed by atoms with Crippen LogP contribution in [0.15, 0.2) is 51.6 Å². The van der Waals surface area contributed by atoms with Gasteiger partial charge >= 0.3 is 0 Å². The molecule has 0 bridgehead atoms. The van der Waals surface area contributed by atoms with Crippen molar-refractivity contribution in [1.29, 1.82) is 5.26 Å². The summed E-state index contributed by atoms with van der Waals surface area (Å²) in [7, 11) is 0. The lowest BCUT2D eigenvalue weighted by molar-refractivity contribution is 1.37. The van der Waals surface area contributed by atoms with E-state index in [0.29, 0.717) is 5.57 Å². The van der Waals surface area contributed by atoms with Crippen LogP contribution in [0, 0.1) is 11.3 Å². The van der Waals surface area contributed by atoms with Gasteiger partial charge in [0.1, 0.15) is 11.1 Å². The van der Waals surface area contributed by atoms with Gasteiger partial charge in [-0.05, 0) is 29.7 Å². The average molecular weight is 373 g/mol. The van der Waals surface area contributed by atoms with Gasteiger partial charge in [-0.2, -0.15) is 5.26 Å². The second kappa shape index (κ2) is 6.35. The summed E-state index contributed by atoms with van der Waals surface area (Å²) in [6.07, 6.45) is 1.88. The minimum Gasteiger partial charge on any atom is -0.235 e. The van der Waals surface area contributed by atoms with Crippen LogP contribution >= 0.6 is 38.6 Å². The fraction of sp³-hybridized carbons (Fsp3) is 0. The van der Waals surface area contributed by atoms with Crippen LogP contribution in [-0.4, -0.2) is 4.98 Å². The molecule has 5 heteroatoms. The third-order valence-electron chi connectivity index (χ3n) is 2.82. The molecule has 0 unspecified atom stereocenters. The van der Waals surface area contributed by atoms with E-state index in [4.69, 9.17) is 0 Å². The van der Waals surface area contributed by atoms with Crippen LogP contribution in [0.5, 0.6) is 0 Å². The largest absolute Gasteiger partial charge is 0.235 e. The molecular weight excluding hydrogens is 364 g/mol. The van der Waals surface area contributed by atoms with Crippen LogP contribution in [0.25, 0.3) is 22.9 Å². The number of rotatable bonds is 3. The molecule has 0 N–H and O–H groups in total. The van der Waals surface area contributed by atoms with Gasteiger partial charge in [-0.1, -0.05) is 34.1 Å². The van der Waals surface area contributed by atoms with Gasteiger partial charge < -0.3 is 0 Å². The highest BCUT2D eigenvalue weighted by atomic mass is 79.9. The molecule has 3 rings (SSSR count). The Morgan fingerprint density at radius 2 is 2.00 bits per heavy atom. The lowest BCUT2D eigenvalue weighted by atomic mass is 10.2. The zero-order chi connectivity index (χ0) is 14.7. The summed E-state index contributed by atoms with van der Waals surface area (Å²) in [6.45, 7) is 0. The summed E-state index contributed by atoms with van der Waals surface area (Å²) in [5, 5.41) is 14.1. The van der Waals surface area contributed by atoms with Crippen LogP contribution in [0.4, 0.5) is 0 Å². The predicted molar refractivity (Wildman–Crippen MR) is 93.1 cm³/mol. The van der Waals surface area contributed by atoms with Crippen molar-refractivity contribution in [3.05, 3.63) is 61.5 Å². The maximum Gasteiger partial charge on any atom is 0.134 e. The SMILES string of the molecule is N#C/C(=C/c1cccs1)c1nc(-c2ccc(Br)cc2)cs1. The third-order valence-corrected chi connectivity index (χ3v) is 5.05. The van der Waals surface area contributed by atoms with Crippen molar-refractivity contribution in [3.8, 4) is 17.3 Å². The molecule has 0 aliphatic carbocycles. The monoisotopic (exact) mass is 372 g/mol. The van der Waals surface area contributed by atoms with Crippen LogP contribution in [0.2, 0.25) is 0 Å². The van der Waals surface area contributed by atoms with Crippen LogP contribution in [0.1, 0.15) is 9.88 Å². The Balaban J connectivity index is 1.94. The molecule has 0 saturated carbocycles. The van der Waals surface area contributed by atoms with E-state index in [1.165, 1.54) is 11.3 Å². The highest BCUT2D eigenvalue weighted by Gasteiger charge is 2.09. The zero-order valence-corrected chi connectivity index (χ0v) is 14.0. The zero-order valence-electron chi connectivity index (χ0n) is 10.8. The average Bonchev–Trinajstić information content (AvgIpc) is 3.17. The van der Waals surface area contributed by atoms with E-state index < -0.39 is 0 Å². The summed E-state index contributed by atoms with van der Waals surface area (Å²) < 4.78 is 1.04. The molecule has 0 atom stereocenters. The molecule has 0 aliphatic rings. The number of aromatic nitrogens is 1.